The van der Waals surface area contributed by atoms with Crippen molar-refractivity contribution in [2.45, 2.75) is 18.8 Å². The minimum atomic E-state index is 0.341. The van der Waals surface area contributed by atoms with Crippen molar-refractivity contribution in [2.75, 3.05) is 20.2 Å². The number of hydrogen-bond donors (Lipinski definition) is 1. The number of hydrogen-bond acceptors (Lipinski definition) is 5. The fourth-order valence-electron chi connectivity index (χ4n) is 2.31. The molecule has 5 heteroatoms. The van der Waals surface area contributed by atoms with Crippen LogP contribution in [-0.4, -0.2) is 30.4 Å². The molecule has 100 valence electrons. The minimum absolute atomic E-state index is 0.341. The highest BCUT2D eigenvalue weighted by molar-refractivity contribution is 5.53. The van der Waals surface area contributed by atoms with E-state index in [9.17, 15) is 0 Å². The van der Waals surface area contributed by atoms with Crippen LogP contribution in [0.4, 0.5) is 0 Å². The summed E-state index contributed by atoms with van der Waals surface area (Å²) in [4.78, 5) is 0. The van der Waals surface area contributed by atoms with E-state index in [-0.39, 0.29) is 0 Å². The number of aromatic nitrogens is 2. The van der Waals surface area contributed by atoms with Gasteiger partial charge < -0.3 is 14.5 Å². The van der Waals surface area contributed by atoms with E-state index in [0.717, 1.165) is 43.1 Å². The third kappa shape index (κ3) is 2.61. The molecule has 2 heterocycles. The Bertz CT molecular complexity index is 530. The minimum Gasteiger partial charge on any atom is -0.497 e. The molecule has 0 amide bonds. The van der Waals surface area contributed by atoms with Crippen LogP contribution in [0.2, 0.25) is 0 Å². The van der Waals surface area contributed by atoms with Gasteiger partial charge in [-0.25, -0.2) is 0 Å². The predicted molar refractivity (Wildman–Crippen MR) is 71.1 cm³/mol. The van der Waals surface area contributed by atoms with E-state index in [0.29, 0.717) is 11.8 Å². The van der Waals surface area contributed by atoms with Crippen molar-refractivity contribution in [3.63, 3.8) is 0 Å². The first-order valence-corrected chi connectivity index (χ1v) is 6.55. The molecule has 1 atom stereocenters. The van der Waals surface area contributed by atoms with E-state index in [1.807, 2.05) is 24.3 Å². The maximum absolute atomic E-state index is 5.78. The molecule has 1 aliphatic rings. The topological polar surface area (TPSA) is 60.2 Å². The summed E-state index contributed by atoms with van der Waals surface area (Å²) in [6.07, 6.45) is 2.27. The number of benzene rings is 1. The summed E-state index contributed by atoms with van der Waals surface area (Å²) in [5, 5.41) is 11.7. The van der Waals surface area contributed by atoms with Gasteiger partial charge in [0.15, 0.2) is 0 Å². The molecule has 5 nitrogen and oxygen atoms in total. The molecule has 0 aliphatic carbocycles. The third-order valence-electron chi connectivity index (χ3n) is 3.42. The molecule has 3 rings (SSSR count). The summed E-state index contributed by atoms with van der Waals surface area (Å²) < 4.78 is 10.9. The van der Waals surface area contributed by atoms with Gasteiger partial charge in [0.1, 0.15) is 5.75 Å². The molecule has 1 aromatic carbocycles. The molecule has 1 aromatic heterocycles. The second-order valence-corrected chi connectivity index (χ2v) is 4.72. The van der Waals surface area contributed by atoms with E-state index in [4.69, 9.17) is 9.15 Å². The van der Waals surface area contributed by atoms with Crippen molar-refractivity contribution in [1.29, 1.82) is 0 Å². The fourth-order valence-corrected chi connectivity index (χ4v) is 2.31. The van der Waals surface area contributed by atoms with Gasteiger partial charge in [0, 0.05) is 18.0 Å². The van der Waals surface area contributed by atoms with Gasteiger partial charge in [-0.15, -0.1) is 10.2 Å². The number of piperidine rings is 1. The van der Waals surface area contributed by atoms with Crippen molar-refractivity contribution in [3.8, 4) is 17.2 Å². The maximum atomic E-state index is 5.78. The Morgan fingerprint density at radius 3 is 2.79 bits per heavy atom. The lowest BCUT2D eigenvalue weighted by Crippen LogP contribution is -2.28. The Morgan fingerprint density at radius 2 is 2.11 bits per heavy atom. The summed E-state index contributed by atoms with van der Waals surface area (Å²) in [5.74, 6) is 2.47. The average Bonchev–Trinajstić information content (AvgIpc) is 2.98. The van der Waals surface area contributed by atoms with Crippen LogP contribution >= 0.6 is 0 Å². The molecular weight excluding hydrogens is 242 g/mol. The van der Waals surface area contributed by atoms with Crippen LogP contribution in [0, 0.1) is 0 Å². The molecule has 1 fully saturated rings. The summed E-state index contributed by atoms with van der Waals surface area (Å²) in [6.45, 7) is 2.00. The van der Waals surface area contributed by atoms with Crippen LogP contribution in [-0.2, 0) is 0 Å². The van der Waals surface area contributed by atoms with Gasteiger partial charge in [-0.3, -0.25) is 0 Å². The first-order valence-electron chi connectivity index (χ1n) is 6.55. The van der Waals surface area contributed by atoms with Crippen LogP contribution in [0.5, 0.6) is 5.75 Å². The molecule has 0 spiro atoms. The van der Waals surface area contributed by atoms with Crippen molar-refractivity contribution in [3.05, 3.63) is 30.2 Å². The highest BCUT2D eigenvalue weighted by Crippen LogP contribution is 2.26. The standard InChI is InChI=1S/C14H17N3O2/c1-18-12-6-4-10(5-7-12)13-16-17-14(19-13)11-3-2-8-15-9-11/h4-7,11,15H,2-3,8-9H2,1H3/t11-/m0/s1. The monoisotopic (exact) mass is 259 g/mol. The number of ether oxygens (including phenoxy) is 1. The molecule has 0 radical (unpaired) electrons. The highest BCUT2D eigenvalue weighted by Gasteiger charge is 2.21. The Labute approximate surface area is 112 Å². The van der Waals surface area contributed by atoms with Crippen molar-refractivity contribution < 1.29 is 9.15 Å². The zero-order valence-electron chi connectivity index (χ0n) is 10.9. The number of nitrogens with zero attached hydrogens (tertiary/aromatic N) is 2. The first-order chi connectivity index (χ1) is 9.36. The lowest BCUT2D eigenvalue weighted by Gasteiger charge is -2.18. The fraction of sp³-hybridized carbons (Fsp3) is 0.429. The zero-order chi connectivity index (χ0) is 13.1. The number of methoxy groups -OCH3 is 1. The van der Waals surface area contributed by atoms with E-state index >= 15 is 0 Å². The number of nitrogens with one attached hydrogen (secondary N) is 1. The van der Waals surface area contributed by atoms with Gasteiger partial charge in [0.2, 0.25) is 11.8 Å². The molecular formula is C14H17N3O2. The smallest absolute Gasteiger partial charge is 0.247 e. The SMILES string of the molecule is COc1ccc(-c2nnc([C@H]3CCCNC3)o2)cc1. The summed E-state index contributed by atoms with van der Waals surface area (Å²) in [6, 6.07) is 7.63. The van der Waals surface area contributed by atoms with E-state index in [1.54, 1.807) is 7.11 Å². The van der Waals surface area contributed by atoms with Crippen molar-refractivity contribution >= 4 is 0 Å². The Balaban J connectivity index is 1.79. The van der Waals surface area contributed by atoms with Crippen LogP contribution in [0.3, 0.4) is 0 Å². The summed E-state index contributed by atoms with van der Waals surface area (Å²) in [5.41, 5.74) is 0.920. The zero-order valence-corrected chi connectivity index (χ0v) is 10.9. The molecule has 0 unspecified atom stereocenters. The van der Waals surface area contributed by atoms with Crippen molar-refractivity contribution in [1.82, 2.24) is 15.5 Å². The predicted octanol–water partition coefficient (Wildman–Crippen LogP) is 2.21. The normalized spacial score (nSPS) is 19.3. The quantitative estimate of drug-likeness (QED) is 0.915. The van der Waals surface area contributed by atoms with Gasteiger partial charge in [-0.05, 0) is 43.7 Å². The molecule has 1 N–H and O–H groups in total. The largest absolute Gasteiger partial charge is 0.497 e. The average molecular weight is 259 g/mol. The van der Waals surface area contributed by atoms with Gasteiger partial charge in [0.05, 0.1) is 7.11 Å². The highest BCUT2D eigenvalue weighted by atomic mass is 16.5. The molecule has 2 aromatic rings. The van der Waals surface area contributed by atoms with E-state index < -0.39 is 0 Å². The lowest BCUT2D eigenvalue weighted by molar-refractivity contribution is 0.380. The maximum Gasteiger partial charge on any atom is 0.247 e. The molecule has 1 saturated heterocycles. The Kier molecular flexibility index (Phi) is 3.46. The van der Waals surface area contributed by atoms with Crippen LogP contribution in [0.25, 0.3) is 11.5 Å². The number of rotatable bonds is 3. The molecule has 0 bridgehead atoms. The summed E-state index contributed by atoms with van der Waals surface area (Å²) >= 11 is 0. The third-order valence-corrected chi connectivity index (χ3v) is 3.42. The second-order valence-electron chi connectivity index (χ2n) is 4.72. The van der Waals surface area contributed by atoms with Gasteiger partial charge in [-0.2, -0.15) is 0 Å². The Morgan fingerprint density at radius 1 is 1.26 bits per heavy atom. The van der Waals surface area contributed by atoms with Crippen LogP contribution in [0.1, 0.15) is 24.7 Å². The van der Waals surface area contributed by atoms with Gasteiger partial charge in [0.25, 0.3) is 0 Å². The van der Waals surface area contributed by atoms with Crippen LogP contribution in [0.15, 0.2) is 28.7 Å². The Hall–Kier alpha value is -1.88. The van der Waals surface area contributed by atoms with Gasteiger partial charge in [-0.1, -0.05) is 0 Å². The van der Waals surface area contributed by atoms with Crippen molar-refractivity contribution in [2.24, 2.45) is 0 Å². The second kappa shape index (κ2) is 5.40. The van der Waals surface area contributed by atoms with E-state index in [2.05, 4.69) is 15.5 Å². The summed E-state index contributed by atoms with van der Waals surface area (Å²) in [7, 11) is 1.65. The van der Waals surface area contributed by atoms with Gasteiger partial charge >= 0.3 is 0 Å². The van der Waals surface area contributed by atoms with E-state index in [1.165, 1.54) is 0 Å². The lowest BCUT2D eigenvalue weighted by atomic mass is 10.00. The molecule has 1 aliphatic heterocycles. The first kappa shape index (κ1) is 12.2. The van der Waals surface area contributed by atoms with Crippen LogP contribution < -0.4 is 10.1 Å². The molecule has 19 heavy (non-hydrogen) atoms. The molecule has 0 saturated carbocycles.